The number of nitrogens with zero attached hydrogens (tertiary/aromatic N) is 1. The number of aromatic nitrogens is 1. The lowest BCUT2D eigenvalue weighted by Crippen LogP contribution is -1.93. The van der Waals surface area contributed by atoms with Crippen LogP contribution in [-0.2, 0) is 0 Å². The SMILES string of the molecule is Cc1cc(-c2ccc3c4c(cccc24)-c2c-3c(-c3ccccc3)c3ccccc3c2-c2ccccc2)nc2ccccc12. The summed E-state index contributed by atoms with van der Waals surface area (Å²) < 4.78 is 0. The number of pyridine rings is 1. The van der Waals surface area contributed by atoms with Crippen molar-refractivity contribution in [2.75, 3.05) is 0 Å². The van der Waals surface area contributed by atoms with Crippen molar-refractivity contribution in [1.82, 2.24) is 4.98 Å². The normalized spacial score (nSPS) is 11.8. The molecule has 0 radical (unpaired) electrons. The first kappa shape index (κ1) is 24.1. The molecule has 8 aromatic rings. The van der Waals surface area contributed by atoms with Crippen molar-refractivity contribution >= 4 is 32.4 Å². The molecule has 0 spiro atoms. The summed E-state index contributed by atoms with van der Waals surface area (Å²) in [6, 6.07) is 52.9. The summed E-state index contributed by atoms with van der Waals surface area (Å²) in [5.41, 5.74) is 14.8. The smallest absolute Gasteiger partial charge is 0.0718 e. The Bertz CT molecular complexity index is 2290. The molecule has 7 aromatic carbocycles. The topological polar surface area (TPSA) is 12.9 Å². The first-order valence-corrected chi connectivity index (χ1v) is 14.9. The Kier molecular flexibility index (Phi) is 5.18. The quantitative estimate of drug-likeness (QED) is 0.215. The molecule has 1 nitrogen and oxygen atoms in total. The van der Waals surface area contributed by atoms with Crippen molar-refractivity contribution < 1.29 is 0 Å². The van der Waals surface area contributed by atoms with Crippen LogP contribution in [0.1, 0.15) is 5.56 Å². The lowest BCUT2D eigenvalue weighted by atomic mass is 9.82. The highest BCUT2D eigenvalue weighted by Crippen LogP contribution is 2.58. The number of hydrogen-bond acceptors (Lipinski definition) is 1. The molecule has 1 aliphatic carbocycles. The molecule has 43 heavy (non-hydrogen) atoms. The van der Waals surface area contributed by atoms with Gasteiger partial charge < -0.3 is 0 Å². The van der Waals surface area contributed by atoms with E-state index in [9.17, 15) is 0 Å². The Morgan fingerprint density at radius 2 is 0.907 bits per heavy atom. The average Bonchev–Trinajstić information content (AvgIpc) is 3.39. The first-order valence-electron chi connectivity index (χ1n) is 14.9. The zero-order chi connectivity index (χ0) is 28.5. The fourth-order valence-corrected chi connectivity index (χ4v) is 7.32. The van der Waals surface area contributed by atoms with Crippen molar-refractivity contribution in [1.29, 1.82) is 0 Å². The van der Waals surface area contributed by atoms with Gasteiger partial charge in [0, 0.05) is 10.9 Å². The highest BCUT2D eigenvalue weighted by atomic mass is 14.7. The molecule has 0 saturated carbocycles. The standard InChI is InChI=1S/C42H27N/c1-26-25-37(43-36-22-11-10-17-29(26)36)30-23-24-35-40-31(30)20-12-21-34(40)41-38(27-13-4-2-5-14-27)32-18-8-9-19-33(32)39(42(35)41)28-15-6-3-7-16-28/h2-25H,1H3. The van der Waals surface area contributed by atoms with Gasteiger partial charge in [0.1, 0.15) is 0 Å². The maximum absolute atomic E-state index is 5.16. The summed E-state index contributed by atoms with van der Waals surface area (Å²) in [5.74, 6) is 0. The zero-order valence-electron chi connectivity index (χ0n) is 23.8. The summed E-state index contributed by atoms with van der Waals surface area (Å²) in [5, 5.41) is 6.32. The fourth-order valence-electron chi connectivity index (χ4n) is 7.32. The Hall–Kier alpha value is -5.53. The molecule has 1 aliphatic rings. The third-order valence-electron chi connectivity index (χ3n) is 9.12. The highest BCUT2D eigenvalue weighted by molar-refractivity contribution is 6.28. The lowest BCUT2D eigenvalue weighted by Gasteiger charge is -2.20. The van der Waals surface area contributed by atoms with Gasteiger partial charge in [-0.25, -0.2) is 4.98 Å². The van der Waals surface area contributed by atoms with E-state index >= 15 is 0 Å². The highest BCUT2D eigenvalue weighted by Gasteiger charge is 2.31. The third-order valence-corrected chi connectivity index (χ3v) is 9.12. The molecule has 1 heteroatoms. The average molecular weight is 546 g/mol. The fraction of sp³-hybridized carbons (Fsp3) is 0.0238. The number of benzene rings is 7. The molecular formula is C42H27N. The summed E-state index contributed by atoms with van der Waals surface area (Å²) in [6.07, 6.45) is 0. The van der Waals surface area contributed by atoms with E-state index in [0.717, 1.165) is 11.2 Å². The van der Waals surface area contributed by atoms with Gasteiger partial charge in [-0.3, -0.25) is 0 Å². The largest absolute Gasteiger partial charge is 0.248 e. The zero-order valence-corrected chi connectivity index (χ0v) is 23.8. The molecular weight excluding hydrogens is 518 g/mol. The Morgan fingerprint density at radius 1 is 0.395 bits per heavy atom. The predicted molar refractivity (Wildman–Crippen MR) is 182 cm³/mol. The van der Waals surface area contributed by atoms with E-state index in [-0.39, 0.29) is 0 Å². The van der Waals surface area contributed by atoms with Gasteiger partial charge in [-0.15, -0.1) is 0 Å². The monoisotopic (exact) mass is 545 g/mol. The maximum Gasteiger partial charge on any atom is 0.0718 e. The van der Waals surface area contributed by atoms with Crippen molar-refractivity contribution in [3.05, 3.63) is 151 Å². The molecule has 0 amide bonds. The lowest BCUT2D eigenvalue weighted by molar-refractivity contribution is 1.37. The third kappa shape index (κ3) is 3.49. The van der Waals surface area contributed by atoms with E-state index in [2.05, 4.69) is 153 Å². The molecule has 1 aromatic heterocycles. The second-order valence-corrected chi connectivity index (χ2v) is 11.5. The minimum Gasteiger partial charge on any atom is -0.248 e. The summed E-state index contributed by atoms with van der Waals surface area (Å²) in [6.45, 7) is 2.19. The van der Waals surface area contributed by atoms with Crippen LogP contribution in [0.5, 0.6) is 0 Å². The van der Waals surface area contributed by atoms with Gasteiger partial charge in [-0.2, -0.15) is 0 Å². The van der Waals surface area contributed by atoms with E-state index in [1.165, 1.54) is 82.6 Å². The number of rotatable bonds is 3. The van der Waals surface area contributed by atoms with Crippen LogP contribution in [0, 0.1) is 6.92 Å². The predicted octanol–water partition coefficient (Wildman–Crippen LogP) is 11.5. The van der Waals surface area contributed by atoms with E-state index in [1.807, 2.05) is 0 Å². The van der Waals surface area contributed by atoms with E-state index < -0.39 is 0 Å². The van der Waals surface area contributed by atoms with E-state index in [1.54, 1.807) is 0 Å². The van der Waals surface area contributed by atoms with Gasteiger partial charge in [0.05, 0.1) is 11.2 Å². The first-order chi connectivity index (χ1) is 21.3. The number of fused-ring (bicyclic) bond motifs is 5. The number of aryl methyl sites for hydroxylation is 1. The van der Waals surface area contributed by atoms with Crippen LogP contribution in [-0.4, -0.2) is 4.98 Å². The van der Waals surface area contributed by atoms with Gasteiger partial charge in [0.2, 0.25) is 0 Å². The van der Waals surface area contributed by atoms with Crippen LogP contribution < -0.4 is 0 Å². The van der Waals surface area contributed by atoms with Gasteiger partial charge in [-0.1, -0.05) is 133 Å². The molecule has 0 atom stereocenters. The molecule has 0 saturated heterocycles. The van der Waals surface area contributed by atoms with Gasteiger partial charge in [-0.05, 0) is 90.7 Å². The van der Waals surface area contributed by atoms with Crippen molar-refractivity contribution in [2.24, 2.45) is 0 Å². The molecule has 0 bridgehead atoms. The molecule has 0 unspecified atom stereocenters. The van der Waals surface area contributed by atoms with Crippen LogP contribution in [0.2, 0.25) is 0 Å². The van der Waals surface area contributed by atoms with Gasteiger partial charge >= 0.3 is 0 Å². The van der Waals surface area contributed by atoms with Gasteiger partial charge in [0.25, 0.3) is 0 Å². The summed E-state index contributed by atoms with van der Waals surface area (Å²) in [4.78, 5) is 5.16. The minimum absolute atomic E-state index is 1.02. The number of para-hydroxylation sites is 1. The van der Waals surface area contributed by atoms with Crippen LogP contribution in [0.4, 0.5) is 0 Å². The Morgan fingerprint density at radius 3 is 1.56 bits per heavy atom. The van der Waals surface area contributed by atoms with Crippen molar-refractivity contribution in [3.8, 4) is 55.8 Å². The molecule has 200 valence electrons. The molecule has 1 heterocycles. The number of hydrogen-bond donors (Lipinski definition) is 0. The maximum atomic E-state index is 5.16. The van der Waals surface area contributed by atoms with Crippen LogP contribution in [0.25, 0.3) is 88.2 Å². The van der Waals surface area contributed by atoms with E-state index in [0.29, 0.717) is 0 Å². The Labute approximate surface area is 250 Å². The second-order valence-electron chi connectivity index (χ2n) is 11.5. The van der Waals surface area contributed by atoms with Crippen molar-refractivity contribution in [2.45, 2.75) is 6.92 Å². The van der Waals surface area contributed by atoms with Crippen molar-refractivity contribution in [3.63, 3.8) is 0 Å². The molecule has 9 rings (SSSR count). The van der Waals surface area contributed by atoms with Gasteiger partial charge in [0.15, 0.2) is 0 Å². The second kappa shape index (κ2) is 9.24. The molecule has 0 aliphatic heterocycles. The summed E-state index contributed by atoms with van der Waals surface area (Å²) in [7, 11) is 0. The summed E-state index contributed by atoms with van der Waals surface area (Å²) >= 11 is 0. The van der Waals surface area contributed by atoms with Crippen LogP contribution in [0.15, 0.2) is 146 Å². The van der Waals surface area contributed by atoms with Crippen LogP contribution >= 0.6 is 0 Å². The Balaban J connectivity index is 1.44. The minimum atomic E-state index is 1.02. The van der Waals surface area contributed by atoms with E-state index in [4.69, 9.17) is 4.98 Å². The molecule has 0 fully saturated rings. The van der Waals surface area contributed by atoms with Crippen LogP contribution in [0.3, 0.4) is 0 Å². The molecule has 0 N–H and O–H groups in total.